The van der Waals surface area contributed by atoms with Gasteiger partial charge in [0.05, 0.1) is 5.41 Å². The molecule has 1 unspecified atom stereocenters. The maximum absolute atomic E-state index is 12.1. The average molecular weight is 456 g/mol. The Morgan fingerprint density at radius 3 is 2.57 bits per heavy atom. The molecule has 0 saturated carbocycles. The molecule has 136 valence electrons. The van der Waals surface area contributed by atoms with Crippen LogP contribution in [0.2, 0.25) is 0 Å². The topological polar surface area (TPSA) is 56.7 Å². The minimum Gasteiger partial charge on any atom is -0.356 e. The first-order chi connectivity index (χ1) is 10.3. The standard InChI is InChI=1S/C16H32N4OS.HI/c1-7-18-14(21)16(4,5)11-19-15(17-6)20-8-9-22-13(10-20)12(2)3;/h12-13H,7-11H2,1-6H3,(H,17,19)(H,18,21);1H. The van der Waals surface area contributed by atoms with E-state index in [0.717, 1.165) is 24.8 Å². The van der Waals surface area contributed by atoms with Crippen LogP contribution in [-0.2, 0) is 4.79 Å². The van der Waals surface area contributed by atoms with Gasteiger partial charge in [0, 0.05) is 44.2 Å². The summed E-state index contributed by atoms with van der Waals surface area (Å²) in [4.78, 5) is 18.8. The summed E-state index contributed by atoms with van der Waals surface area (Å²) in [5.74, 6) is 2.77. The molecule has 0 aromatic rings. The minimum atomic E-state index is -0.450. The van der Waals surface area contributed by atoms with Gasteiger partial charge in [0.1, 0.15) is 0 Å². The van der Waals surface area contributed by atoms with Crippen molar-refractivity contribution < 1.29 is 4.79 Å². The van der Waals surface area contributed by atoms with Crippen molar-refractivity contribution >= 4 is 47.6 Å². The smallest absolute Gasteiger partial charge is 0.227 e. The maximum Gasteiger partial charge on any atom is 0.227 e. The quantitative estimate of drug-likeness (QED) is 0.379. The monoisotopic (exact) mass is 456 g/mol. The highest BCUT2D eigenvalue weighted by atomic mass is 127. The van der Waals surface area contributed by atoms with E-state index in [1.54, 1.807) is 0 Å². The lowest BCUT2D eigenvalue weighted by Crippen LogP contribution is -2.52. The van der Waals surface area contributed by atoms with E-state index in [0.29, 0.717) is 24.3 Å². The molecule has 0 aromatic heterocycles. The van der Waals surface area contributed by atoms with E-state index in [2.05, 4.69) is 34.4 Å². The van der Waals surface area contributed by atoms with Crippen LogP contribution in [0.5, 0.6) is 0 Å². The van der Waals surface area contributed by atoms with Crippen LogP contribution in [0.3, 0.4) is 0 Å². The zero-order valence-electron chi connectivity index (χ0n) is 15.3. The Balaban J connectivity index is 0.00000484. The average Bonchev–Trinajstić information content (AvgIpc) is 2.48. The van der Waals surface area contributed by atoms with Crippen molar-refractivity contribution in [2.24, 2.45) is 16.3 Å². The van der Waals surface area contributed by atoms with Crippen molar-refractivity contribution in [3.63, 3.8) is 0 Å². The van der Waals surface area contributed by atoms with Crippen molar-refractivity contribution in [1.29, 1.82) is 0 Å². The number of halogens is 1. The number of hydrogen-bond acceptors (Lipinski definition) is 3. The first-order valence-corrected chi connectivity index (χ1v) is 9.22. The van der Waals surface area contributed by atoms with Crippen LogP contribution in [0.25, 0.3) is 0 Å². The van der Waals surface area contributed by atoms with Gasteiger partial charge >= 0.3 is 0 Å². The maximum atomic E-state index is 12.1. The summed E-state index contributed by atoms with van der Waals surface area (Å²) < 4.78 is 0. The van der Waals surface area contributed by atoms with Gasteiger partial charge in [-0.15, -0.1) is 24.0 Å². The fourth-order valence-corrected chi connectivity index (χ4v) is 3.68. The number of nitrogens with one attached hydrogen (secondary N) is 2. The Bertz CT molecular complexity index is 402. The Morgan fingerprint density at radius 1 is 1.39 bits per heavy atom. The molecule has 1 aliphatic rings. The lowest BCUT2D eigenvalue weighted by molar-refractivity contribution is -0.128. The molecule has 0 spiro atoms. The number of hydrogen-bond donors (Lipinski definition) is 2. The van der Waals surface area contributed by atoms with E-state index in [1.807, 2.05) is 39.6 Å². The summed E-state index contributed by atoms with van der Waals surface area (Å²) in [6.45, 7) is 13.7. The predicted molar refractivity (Wildman–Crippen MR) is 112 cm³/mol. The molecule has 2 N–H and O–H groups in total. The van der Waals surface area contributed by atoms with Crippen molar-refractivity contribution in [2.45, 2.75) is 39.9 Å². The molecule has 0 aliphatic carbocycles. The molecular weight excluding hydrogens is 423 g/mol. The lowest BCUT2D eigenvalue weighted by Gasteiger charge is -2.37. The summed E-state index contributed by atoms with van der Waals surface area (Å²) in [6.07, 6.45) is 0. The molecule has 1 rings (SSSR count). The number of rotatable bonds is 5. The lowest BCUT2D eigenvalue weighted by atomic mass is 9.92. The number of carbonyl (C=O) groups is 1. The number of nitrogens with zero attached hydrogens (tertiary/aromatic N) is 2. The summed E-state index contributed by atoms with van der Waals surface area (Å²) in [7, 11) is 1.81. The first-order valence-electron chi connectivity index (χ1n) is 8.17. The summed E-state index contributed by atoms with van der Waals surface area (Å²) in [5, 5.41) is 6.92. The second-order valence-electron chi connectivity index (χ2n) is 6.74. The van der Waals surface area contributed by atoms with Gasteiger partial charge in [-0.05, 0) is 26.7 Å². The summed E-state index contributed by atoms with van der Waals surface area (Å²) in [5.41, 5.74) is -0.450. The third kappa shape index (κ3) is 7.07. The molecule has 5 nitrogen and oxygen atoms in total. The van der Waals surface area contributed by atoms with Gasteiger partial charge in [0.25, 0.3) is 0 Å². The van der Waals surface area contributed by atoms with Gasteiger partial charge in [-0.3, -0.25) is 9.79 Å². The van der Waals surface area contributed by atoms with Crippen molar-refractivity contribution in [3.8, 4) is 0 Å². The summed E-state index contributed by atoms with van der Waals surface area (Å²) >= 11 is 2.05. The molecule has 1 saturated heterocycles. The number of thioether (sulfide) groups is 1. The molecule has 1 heterocycles. The second-order valence-corrected chi connectivity index (χ2v) is 8.09. The van der Waals surface area contributed by atoms with Gasteiger partial charge in [-0.1, -0.05) is 13.8 Å². The zero-order chi connectivity index (χ0) is 16.8. The third-order valence-electron chi connectivity index (χ3n) is 3.99. The van der Waals surface area contributed by atoms with Gasteiger partial charge in [0.15, 0.2) is 5.96 Å². The van der Waals surface area contributed by atoms with Crippen molar-refractivity contribution in [1.82, 2.24) is 15.5 Å². The highest BCUT2D eigenvalue weighted by Gasteiger charge is 2.29. The van der Waals surface area contributed by atoms with Crippen LogP contribution in [0, 0.1) is 11.3 Å². The molecular formula is C16H33IN4OS. The van der Waals surface area contributed by atoms with Crippen LogP contribution in [0.1, 0.15) is 34.6 Å². The number of amides is 1. The largest absolute Gasteiger partial charge is 0.356 e. The van der Waals surface area contributed by atoms with E-state index >= 15 is 0 Å². The van der Waals surface area contributed by atoms with Crippen LogP contribution in [0.15, 0.2) is 4.99 Å². The molecule has 1 amide bonds. The minimum absolute atomic E-state index is 0. The molecule has 0 aromatic carbocycles. The van der Waals surface area contributed by atoms with Crippen LogP contribution < -0.4 is 10.6 Å². The molecule has 0 bridgehead atoms. The molecule has 1 atom stereocenters. The fraction of sp³-hybridized carbons (Fsp3) is 0.875. The Kier molecular flexibility index (Phi) is 10.6. The van der Waals surface area contributed by atoms with Crippen molar-refractivity contribution in [3.05, 3.63) is 0 Å². The van der Waals surface area contributed by atoms with Gasteiger partial charge in [0.2, 0.25) is 5.91 Å². The van der Waals surface area contributed by atoms with Crippen molar-refractivity contribution in [2.75, 3.05) is 39.0 Å². The molecule has 7 heteroatoms. The van der Waals surface area contributed by atoms with E-state index in [-0.39, 0.29) is 29.9 Å². The van der Waals surface area contributed by atoms with Crippen LogP contribution >= 0.6 is 35.7 Å². The molecule has 0 radical (unpaired) electrons. The van der Waals surface area contributed by atoms with Gasteiger partial charge in [-0.2, -0.15) is 11.8 Å². The number of guanidine groups is 1. The van der Waals surface area contributed by atoms with Gasteiger partial charge < -0.3 is 15.5 Å². The summed E-state index contributed by atoms with van der Waals surface area (Å²) in [6, 6.07) is 0. The Hall–Kier alpha value is -0.180. The van der Waals surface area contributed by atoms with Crippen LogP contribution in [0.4, 0.5) is 0 Å². The fourth-order valence-electron chi connectivity index (χ4n) is 2.38. The molecule has 23 heavy (non-hydrogen) atoms. The SMILES string of the molecule is CCNC(=O)C(C)(C)CNC(=NC)N1CCSC(C(C)C)C1.I. The highest BCUT2D eigenvalue weighted by molar-refractivity contribution is 14.0. The highest BCUT2D eigenvalue weighted by Crippen LogP contribution is 2.25. The van der Waals surface area contributed by atoms with Crippen LogP contribution in [-0.4, -0.2) is 61.0 Å². The first kappa shape index (κ1) is 22.8. The Labute approximate surface area is 162 Å². The normalized spacial score (nSPS) is 19.3. The van der Waals surface area contributed by atoms with E-state index < -0.39 is 5.41 Å². The van der Waals surface area contributed by atoms with Gasteiger partial charge in [-0.25, -0.2) is 0 Å². The van der Waals surface area contributed by atoms with E-state index in [9.17, 15) is 4.79 Å². The Morgan fingerprint density at radius 2 is 2.04 bits per heavy atom. The van der Waals surface area contributed by atoms with E-state index in [1.165, 1.54) is 0 Å². The molecule has 1 aliphatic heterocycles. The number of aliphatic imine (C=N–C) groups is 1. The molecule has 1 fully saturated rings. The third-order valence-corrected chi connectivity index (χ3v) is 5.53. The number of carbonyl (C=O) groups excluding carboxylic acids is 1. The van der Waals surface area contributed by atoms with E-state index in [4.69, 9.17) is 0 Å². The zero-order valence-corrected chi connectivity index (χ0v) is 18.5. The predicted octanol–water partition coefficient (Wildman–Crippen LogP) is 2.42. The second kappa shape index (κ2) is 10.6.